The molecule has 0 atom stereocenters. The lowest BCUT2D eigenvalue weighted by molar-refractivity contribution is 0.0968. The van der Waals surface area contributed by atoms with Crippen molar-refractivity contribution in [2.24, 2.45) is 0 Å². The van der Waals surface area contributed by atoms with Crippen LogP contribution in [0.4, 0.5) is 4.39 Å². The first kappa shape index (κ1) is 12.8. The Labute approximate surface area is 109 Å². The number of hydrogen-bond donors (Lipinski definition) is 1. The summed E-state index contributed by atoms with van der Waals surface area (Å²) in [6, 6.07) is 4.05. The van der Waals surface area contributed by atoms with E-state index >= 15 is 0 Å². The molecule has 0 spiro atoms. The number of phenolic OH excluding ortho intramolecular Hbond substituents is 1. The molecule has 1 heterocycles. The lowest BCUT2D eigenvalue weighted by Crippen LogP contribution is -2.03. The Morgan fingerprint density at radius 2 is 2.21 bits per heavy atom. The number of halogens is 1. The molecule has 0 aliphatic carbocycles. The number of rotatable bonds is 3. The summed E-state index contributed by atoms with van der Waals surface area (Å²) < 4.78 is 14.4. The van der Waals surface area contributed by atoms with Crippen LogP contribution in [0.1, 0.15) is 10.4 Å². The van der Waals surface area contributed by atoms with E-state index in [-0.39, 0.29) is 11.7 Å². The summed E-state index contributed by atoms with van der Waals surface area (Å²) in [4.78, 5) is 15.3. The van der Waals surface area contributed by atoms with E-state index < -0.39 is 5.82 Å². The molecule has 0 bridgehead atoms. The molecule has 0 aliphatic rings. The molecule has 0 saturated heterocycles. The fraction of sp³-hybridized carbons (Fsp3) is 0. The summed E-state index contributed by atoms with van der Waals surface area (Å²) >= 11 is 0. The SMILES string of the molecule is O=C(/C=C/C=C/c1ccc(O)c(F)c1)n1ccnc1. The summed E-state index contributed by atoms with van der Waals surface area (Å²) in [5.41, 5.74) is 0.593. The number of benzene rings is 1. The Balaban J connectivity index is 1.99. The van der Waals surface area contributed by atoms with Crippen molar-refractivity contribution in [3.05, 3.63) is 66.5 Å². The van der Waals surface area contributed by atoms with Gasteiger partial charge < -0.3 is 5.11 Å². The summed E-state index contributed by atoms with van der Waals surface area (Å²) in [5.74, 6) is -1.29. The third-order valence-corrected chi connectivity index (χ3v) is 2.37. The van der Waals surface area contributed by atoms with Crippen molar-refractivity contribution in [3.8, 4) is 5.75 Å². The number of phenols is 1. The van der Waals surface area contributed by atoms with Gasteiger partial charge in [-0.15, -0.1) is 0 Å². The fourth-order valence-corrected chi connectivity index (χ4v) is 1.41. The monoisotopic (exact) mass is 258 g/mol. The number of aromatic hydroxyl groups is 1. The second-order valence-electron chi connectivity index (χ2n) is 3.74. The zero-order valence-electron chi connectivity index (χ0n) is 9.90. The van der Waals surface area contributed by atoms with Gasteiger partial charge in [-0.2, -0.15) is 0 Å². The molecule has 0 saturated carbocycles. The van der Waals surface area contributed by atoms with Crippen LogP contribution < -0.4 is 0 Å². The molecule has 19 heavy (non-hydrogen) atoms. The maximum atomic E-state index is 13.0. The first-order chi connectivity index (χ1) is 9.16. The smallest absolute Gasteiger partial charge is 0.255 e. The largest absolute Gasteiger partial charge is 0.505 e. The molecule has 1 aromatic heterocycles. The van der Waals surface area contributed by atoms with Gasteiger partial charge in [-0.25, -0.2) is 9.37 Å². The van der Waals surface area contributed by atoms with E-state index in [9.17, 15) is 9.18 Å². The van der Waals surface area contributed by atoms with Crippen LogP contribution in [-0.2, 0) is 0 Å². The summed E-state index contributed by atoms with van der Waals surface area (Å²) in [7, 11) is 0. The topological polar surface area (TPSA) is 55.1 Å². The van der Waals surface area contributed by atoms with Gasteiger partial charge in [0.25, 0.3) is 5.91 Å². The van der Waals surface area contributed by atoms with Gasteiger partial charge in [-0.3, -0.25) is 9.36 Å². The molecule has 2 aromatic rings. The minimum atomic E-state index is -0.680. The zero-order valence-corrected chi connectivity index (χ0v) is 9.90. The molecule has 5 heteroatoms. The molecular weight excluding hydrogens is 247 g/mol. The fourth-order valence-electron chi connectivity index (χ4n) is 1.41. The summed E-state index contributed by atoms with van der Waals surface area (Å²) in [5, 5.41) is 9.03. The first-order valence-corrected chi connectivity index (χ1v) is 5.52. The van der Waals surface area contributed by atoms with E-state index in [2.05, 4.69) is 4.98 Å². The van der Waals surface area contributed by atoms with E-state index in [1.807, 2.05) is 0 Å². The van der Waals surface area contributed by atoms with E-state index in [4.69, 9.17) is 5.11 Å². The molecule has 1 N–H and O–H groups in total. The number of nitrogens with zero attached hydrogens (tertiary/aromatic N) is 2. The third-order valence-electron chi connectivity index (χ3n) is 2.37. The van der Waals surface area contributed by atoms with Crippen LogP contribution in [0.2, 0.25) is 0 Å². The average molecular weight is 258 g/mol. The van der Waals surface area contributed by atoms with Gasteiger partial charge in [0.2, 0.25) is 0 Å². The molecule has 0 amide bonds. The van der Waals surface area contributed by atoms with Gasteiger partial charge in [-0.05, 0) is 17.7 Å². The molecule has 1 aromatic carbocycles. The highest BCUT2D eigenvalue weighted by atomic mass is 19.1. The van der Waals surface area contributed by atoms with Gasteiger partial charge >= 0.3 is 0 Å². The molecule has 2 rings (SSSR count). The normalized spacial score (nSPS) is 11.4. The highest BCUT2D eigenvalue weighted by molar-refractivity contribution is 5.89. The van der Waals surface area contributed by atoms with Crippen molar-refractivity contribution in [1.29, 1.82) is 0 Å². The van der Waals surface area contributed by atoms with Crippen LogP contribution in [0.15, 0.2) is 55.1 Å². The van der Waals surface area contributed by atoms with Crippen LogP contribution >= 0.6 is 0 Å². The number of hydrogen-bond acceptors (Lipinski definition) is 3. The standard InChI is InChI=1S/C14H11FN2O2/c15-12-9-11(5-6-13(12)18)3-1-2-4-14(19)17-8-7-16-10-17/h1-10,18H/b3-1+,4-2+. The molecule has 0 aliphatic heterocycles. The third kappa shape index (κ3) is 3.38. The van der Waals surface area contributed by atoms with Crippen molar-refractivity contribution in [2.75, 3.05) is 0 Å². The second kappa shape index (κ2) is 5.77. The lowest BCUT2D eigenvalue weighted by Gasteiger charge is -1.96. The van der Waals surface area contributed by atoms with Crippen LogP contribution in [0.5, 0.6) is 5.75 Å². The Kier molecular flexibility index (Phi) is 3.87. The highest BCUT2D eigenvalue weighted by Gasteiger charge is 1.98. The van der Waals surface area contributed by atoms with E-state index in [1.165, 1.54) is 35.3 Å². The minimum Gasteiger partial charge on any atom is -0.505 e. The van der Waals surface area contributed by atoms with Gasteiger partial charge in [0.1, 0.15) is 6.33 Å². The van der Waals surface area contributed by atoms with Crippen LogP contribution in [0.25, 0.3) is 6.08 Å². The van der Waals surface area contributed by atoms with Gasteiger partial charge in [-0.1, -0.05) is 24.3 Å². The first-order valence-electron chi connectivity index (χ1n) is 5.52. The van der Waals surface area contributed by atoms with Crippen molar-refractivity contribution >= 4 is 12.0 Å². The maximum Gasteiger partial charge on any atom is 0.255 e. The van der Waals surface area contributed by atoms with Crippen molar-refractivity contribution in [1.82, 2.24) is 9.55 Å². The Bertz CT molecular complexity index is 631. The number of imidazole rings is 1. The number of allylic oxidation sites excluding steroid dienone is 3. The zero-order chi connectivity index (χ0) is 13.7. The molecule has 0 fully saturated rings. The van der Waals surface area contributed by atoms with Crippen LogP contribution in [0, 0.1) is 5.82 Å². The Hall–Kier alpha value is -2.69. The number of carbonyl (C=O) groups excluding carboxylic acids is 1. The molecular formula is C14H11FN2O2. The summed E-state index contributed by atoms with van der Waals surface area (Å²) in [6.45, 7) is 0. The second-order valence-corrected chi connectivity index (χ2v) is 3.74. The molecule has 96 valence electrons. The van der Waals surface area contributed by atoms with E-state index in [0.29, 0.717) is 5.56 Å². The van der Waals surface area contributed by atoms with Gasteiger partial charge in [0.15, 0.2) is 11.6 Å². The Morgan fingerprint density at radius 3 is 2.89 bits per heavy atom. The summed E-state index contributed by atoms with van der Waals surface area (Å²) in [6.07, 6.45) is 10.6. The maximum absolute atomic E-state index is 13.0. The average Bonchev–Trinajstić information content (AvgIpc) is 2.92. The Morgan fingerprint density at radius 1 is 1.37 bits per heavy atom. The lowest BCUT2D eigenvalue weighted by atomic mass is 10.2. The molecule has 0 unspecified atom stereocenters. The van der Waals surface area contributed by atoms with Crippen LogP contribution in [-0.4, -0.2) is 20.6 Å². The van der Waals surface area contributed by atoms with Crippen LogP contribution in [0.3, 0.4) is 0 Å². The highest BCUT2D eigenvalue weighted by Crippen LogP contribution is 2.16. The van der Waals surface area contributed by atoms with Crippen molar-refractivity contribution < 1.29 is 14.3 Å². The number of carbonyl (C=O) groups is 1. The molecule has 0 radical (unpaired) electrons. The van der Waals surface area contributed by atoms with Gasteiger partial charge in [0.05, 0.1) is 0 Å². The quantitative estimate of drug-likeness (QED) is 0.680. The minimum absolute atomic E-state index is 0.223. The van der Waals surface area contributed by atoms with Gasteiger partial charge in [0, 0.05) is 18.5 Å². The predicted octanol–water partition coefficient (Wildman–Crippen LogP) is 2.64. The van der Waals surface area contributed by atoms with Crippen molar-refractivity contribution in [3.63, 3.8) is 0 Å². The van der Waals surface area contributed by atoms with E-state index in [0.717, 1.165) is 0 Å². The van der Waals surface area contributed by atoms with E-state index in [1.54, 1.807) is 30.5 Å². The molecule has 4 nitrogen and oxygen atoms in total. The predicted molar refractivity (Wildman–Crippen MR) is 69.1 cm³/mol. The van der Waals surface area contributed by atoms with Crippen molar-refractivity contribution in [2.45, 2.75) is 0 Å². The number of aromatic nitrogens is 2.